The molecule has 3 rings (SSSR count). The molecule has 324 valence electrons. The molecule has 2 aromatic carbocycles. The molecule has 2 aromatic rings. The molecule has 0 unspecified atom stereocenters. The molecule has 1 aliphatic rings. The first-order chi connectivity index (χ1) is 27.5. The maximum Gasteiger partial charge on any atom is 0.432 e. The largest absolute Gasteiger partial charge is 0.460 e. The van der Waals surface area contributed by atoms with E-state index in [0.717, 1.165) is 26.0 Å². The zero-order valence-corrected chi connectivity index (χ0v) is 33.3. The maximum atomic E-state index is 14.6. The molecule has 6 N–H and O–H groups in total. The molecule has 1 heterocycles. The van der Waals surface area contributed by atoms with Crippen LogP contribution in [0.3, 0.4) is 0 Å². The normalized spacial score (nSPS) is 20.5. The van der Waals surface area contributed by atoms with Crippen molar-refractivity contribution in [3.05, 3.63) is 71.8 Å². The van der Waals surface area contributed by atoms with Crippen molar-refractivity contribution >= 4 is 51.6 Å². The van der Waals surface area contributed by atoms with Gasteiger partial charge in [-0.3, -0.25) is 33.3 Å². The van der Waals surface area contributed by atoms with E-state index in [0.29, 0.717) is 12.7 Å². The monoisotopic (exact) mass is 857 g/mol. The summed E-state index contributed by atoms with van der Waals surface area (Å²) < 4.78 is 92.5. The minimum absolute atomic E-state index is 0.140. The van der Waals surface area contributed by atoms with Crippen LogP contribution in [0.15, 0.2) is 60.7 Å². The lowest BCUT2D eigenvalue weighted by Gasteiger charge is -2.34. The molecule has 1 saturated heterocycles. The van der Waals surface area contributed by atoms with Crippen molar-refractivity contribution in [2.45, 2.75) is 88.7 Å². The second-order valence-electron chi connectivity index (χ2n) is 13.8. The number of alkyl halides is 3. The Balaban J connectivity index is 1.92. The van der Waals surface area contributed by atoms with E-state index < -0.39 is 130 Å². The summed E-state index contributed by atoms with van der Waals surface area (Å²) in [6, 6.07) is 6.65. The number of carbonyl (C=O) groups excluding carboxylic acids is 7. The summed E-state index contributed by atoms with van der Waals surface area (Å²) >= 11 is 0. The van der Waals surface area contributed by atoms with Gasteiger partial charge in [0.2, 0.25) is 29.5 Å². The molecular weight excluding hydrogens is 811 g/mol. The highest BCUT2D eigenvalue weighted by Crippen LogP contribution is 2.43. The average Bonchev–Trinajstić information content (AvgIpc) is 3.15. The number of hydrogen-bond acceptors (Lipinski definition) is 12. The number of esters is 2. The molecule has 0 radical (unpaired) electrons. The molecule has 0 saturated carbocycles. The van der Waals surface area contributed by atoms with Crippen molar-refractivity contribution in [1.29, 1.82) is 0 Å². The summed E-state index contributed by atoms with van der Waals surface area (Å²) in [5.41, 5.74) is -3.75. The van der Waals surface area contributed by atoms with Gasteiger partial charge in [-0.15, -0.1) is 0 Å². The van der Waals surface area contributed by atoms with Gasteiger partial charge in [-0.25, -0.2) is 4.79 Å². The van der Waals surface area contributed by atoms with Crippen molar-refractivity contribution < 1.29 is 73.9 Å². The van der Waals surface area contributed by atoms with E-state index in [2.05, 4.69) is 26.6 Å². The van der Waals surface area contributed by atoms with Gasteiger partial charge >= 0.3 is 18.1 Å². The van der Waals surface area contributed by atoms with Gasteiger partial charge in [0.15, 0.2) is 0 Å². The third kappa shape index (κ3) is 12.9. The van der Waals surface area contributed by atoms with E-state index in [-0.39, 0.29) is 6.42 Å². The van der Waals surface area contributed by atoms with Gasteiger partial charge in [0.25, 0.3) is 15.7 Å². The lowest BCUT2D eigenvalue weighted by molar-refractivity contribution is -0.278. The van der Waals surface area contributed by atoms with Gasteiger partial charge < -0.3 is 40.8 Å². The number of ether oxygens (including phenoxy) is 3. The van der Waals surface area contributed by atoms with Crippen LogP contribution in [0.5, 0.6) is 0 Å². The second-order valence-corrected chi connectivity index (χ2v) is 15.3. The Morgan fingerprint density at radius 3 is 2.07 bits per heavy atom. The number of cyclic esters (lactones) is 1. The number of rotatable bonds is 15. The molecule has 59 heavy (non-hydrogen) atoms. The second kappa shape index (κ2) is 20.4. The number of amides is 5. The molecule has 5 amide bonds. The fourth-order valence-corrected chi connectivity index (χ4v) is 6.58. The smallest absolute Gasteiger partial charge is 0.432 e. The summed E-state index contributed by atoms with van der Waals surface area (Å²) in [5.74, 6) is -10.7. The van der Waals surface area contributed by atoms with Gasteiger partial charge in [-0.1, -0.05) is 74.5 Å². The number of hydrogen-bond donors (Lipinski definition) is 6. The number of carbonyl (C=O) groups is 7. The maximum absolute atomic E-state index is 14.6. The Labute approximate surface area is 337 Å². The summed E-state index contributed by atoms with van der Waals surface area (Å²) in [5, 5.41) is 11.2. The predicted octanol–water partition coefficient (Wildman–Crippen LogP) is 0.200. The van der Waals surface area contributed by atoms with Crippen LogP contribution in [0, 0.1) is 5.92 Å². The predicted molar refractivity (Wildman–Crippen MR) is 199 cm³/mol. The Morgan fingerprint density at radius 2 is 1.53 bits per heavy atom. The SMILES string of the molecule is CO[C@@](C(=O)O[C@@H](C)[C@H]1NC(=O)[C@@H](NC(=O)[C@@H](CS(=O)(=O)O)NC(=O)[C@@H](NC(=O)Cc2ccccc2)C(C)C)[C@@H](C)OC(=O)CCNC1=O)(c1ccccc1)C(F)(F)F. The molecule has 1 aliphatic heterocycles. The van der Waals surface area contributed by atoms with Crippen molar-refractivity contribution in [3.63, 3.8) is 0 Å². The van der Waals surface area contributed by atoms with Crippen LogP contribution in [0.25, 0.3) is 0 Å². The topological polar surface area (TPSA) is 262 Å². The first-order valence-electron chi connectivity index (χ1n) is 18.1. The molecule has 0 aromatic heterocycles. The van der Waals surface area contributed by atoms with Gasteiger partial charge in [-0.05, 0) is 25.3 Å². The van der Waals surface area contributed by atoms with E-state index in [1.165, 1.54) is 18.2 Å². The standard InChI is InChI=1S/C37H46F3N5O13S/c1-20(2)28(43-26(46)18-23-12-8-6-9-13-23)33(50)42-25(19-59(53,54)55)31(48)44-30-21(3)57-27(47)16-17-41-32(49)29(45-34(30)51)22(4)58-35(52)36(56-5,37(38,39)40)24-14-10-7-11-15-24/h6-15,20-22,25,28-30H,16-19H2,1-5H3,(H,41,49)(H,42,50)(H,43,46)(H,44,48)(H,45,51)(H,53,54,55)/t21-,22+,25-,28+,29-,30+,36-/m1/s1. The Kier molecular flexibility index (Phi) is 16.5. The van der Waals surface area contributed by atoms with Gasteiger partial charge in [0.05, 0.1) is 12.8 Å². The highest BCUT2D eigenvalue weighted by Gasteiger charge is 2.64. The number of nitrogens with one attached hydrogen (secondary N) is 5. The molecular formula is C37H46F3N5O13S. The highest BCUT2D eigenvalue weighted by atomic mass is 32.2. The van der Waals surface area contributed by atoms with E-state index in [4.69, 9.17) is 14.2 Å². The van der Waals surface area contributed by atoms with Crippen LogP contribution in [0.1, 0.15) is 45.2 Å². The van der Waals surface area contributed by atoms with E-state index in [1.54, 1.807) is 44.2 Å². The number of benzene rings is 2. The Morgan fingerprint density at radius 1 is 0.932 bits per heavy atom. The van der Waals surface area contributed by atoms with Crippen LogP contribution >= 0.6 is 0 Å². The van der Waals surface area contributed by atoms with Crippen LogP contribution in [0.4, 0.5) is 13.2 Å². The molecule has 0 spiro atoms. The van der Waals surface area contributed by atoms with E-state index in [1.807, 2.05) is 0 Å². The zero-order chi connectivity index (χ0) is 44.3. The lowest BCUT2D eigenvalue weighted by Crippen LogP contribution is -2.63. The Hall–Kier alpha value is -5.61. The van der Waals surface area contributed by atoms with Crippen molar-refractivity contribution in [2.75, 3.05) is 19.4 Å². The zero-order valence-electron chi connectivity index (χ0n) is 32.5. The molecule has 18 nitrogen and oxygen atoms in total. The third-order valence-corrected chi connectivity index (χ3v) is 9.75. The van der Waals surface area contributed by atoms with Crippen molar-refractivity contribution in [3.8, 4) is 0 Å². The van der Waals surface area contributed by atoms with Crippen LogP contribution in [-0.4, -0.2) is 116 Å². The van der Waals surface area contributed by atoms with E-state index >= 15 is 0 Å². The molecule has 0 bridgehead atoms. The first-order valence-corrected chi connectivity index (χ1v) is 19.7. The fraction of sp³-hybridized carbons (Fsp3) is 0.486. The minimum Gasteiger partial charge on any atom is -0.460 e. The first kappa shape index (κ1) is 47.8. The summed E-state index contributed by atoms with van der Waals surface area (Å²) in [7, 11) is -4.44. The number of halogens is 3. The fourth-order valence-electron chi connectivity index (χ4n) is 5.92. The van der Waals surface area contributed by atoms with Crippen LogP contribution in [-0.2, 0) is 69.9 Å². The summed E-state index contributed by atoms with van der Waals surface area (Å²) in [6.07, 6.45) is -9.56. The highest BCUT2D eigenvalue weighted by molar-refractivity contribution is 7.85. The third-order valence-electron chi connectivity index (χ3n) is 8.99. The van der Waals surface area contributed by atoms with Crippen molar-refractivity contribution in [1.82, 2.24) is 26.6 Å². The van der Waals surface area contributed by atoms with Gasteiger partial charge in [-0.2, -0.15) is 21.6 Å². The quantitative estimate of drug-likeness (QED) is 0.104. The van der Waals surface area contributed by atoms with Gasteiger partial charge in [0, 0.05) is 19.2 Å². The van der Waals surface area contributed by atoms with Gasteiger partial charge in [0.1, 0.15) is 42.1 Å². The summed E-state index contributed by atoms with van der Waals surface area (Å²) in [4.78, 5) is 93.1. The molecule has 7 atom stereocenters. The van der Waals surface area contributed by atoms with Crippen LogP contribution < -0.4 is 26.6 Å². The molecule has 22 heteroatoms. The van der Waals surface area contributed by atoms with Crippen LogP contribution in [0.2, 0.25) is 0 Å². The lowest BCUT2D eigenvalue weighted by atomic mass is 9.92. The minimum atomic E-state index is -5.40. The molecule has 0 aliphatic carbocycles. The Bertz CT molecular complexity index is 1950. The number of methoxy groups -OCH3 is 1. The molecule has 1 fully saturated rings. The average molecular weight is 858 g/mol. The summed E-state index contributed by atoms with van der Waals surface area (Å²) in [6.45, 7) is 4.75. The van der Waals surface area contributed by atoms with Crippen molar-refractivity contribution in [2.24, 2.45) is 5.92 Å². The van der Waals surface area contributed by atoms with E-state index in [9.17, 15) is 59.7 Å².